The fourth-order valence-electron chi connectivity index (χ4n) is 2.95. The fraction of sp³-hybridized carbons (Fsp3) is 0.588. The van der Waals surface area contributed by atoms with Gasteiger partial charge in [-0.05, 0) is 24.8 Å². The van der Waals surface area contributed by atoms with Crippen molar-refractivity contribution >= 4 is 5.96 Å². The second-order valence-corrected chi connectivity index (χ2v) is 5.86. The zero-order valence-electron chi connectivity index (χ0n) is 13.3. The van der Waals surface area contributed by atoms with Gasteiger partial charge in [-0.3, -0.25) is 0 Å². The molecule has 1 atom stereocenters. The quantitative estimate of drug-likeness (QED) is 0.555. The lowest BCUT2D eigenvalue weighted by molar-refractivity contribution is 0.0881. The molecule has 0 aromatic heterocycles. The third-order valence-electron chi connectivity index (χ3n) is 4.30. The molecule has 0 radical (unpaired) electrons. The van der Waals surface area contributed by atoms with E-state index < -0.39 is 0 Å². The van der Waals surface area contributed by atoms with Crippen molar-refractivity contribution in [1.82, 2.24) is 5.32 Å². The first kappa shape index (κ1) is 16.6. The molecule has 122 valence electrons. The Labute approximate surface area is 132 Å². The van der Waals surface area contributed by atoms with E-state index in [1.54, 1.807) is 7.11 Å². The van der Waals surface area contributed by atoms with Crippen molar-refractivity contribution < 1.29 is 9.84 Å². The number of methoxy groups -OCH3 is 1. The number of nitrogens with one attached hydrogen (secondary N) is 1. The first-order valence-corrected chi connectivity index (χ1v) is 8.04. The second-order valence-electron chi connectivity index (χ2n) is 5.86. The smallest absolute Gasteiger partial charge is 0.189 e. The zero-order valence-corrected chi connectivity index (χ0v) is 13.3. The van der Waals surface area contributed by atoms with E-state index in [2.05, 4.69) is 10.3 Å². The number of aliphatic hydroxyl groups is 1. The lowest BCUT2D eigenvalue weighted by Crippen LogP contribution is -2.40. The van der Waals surface area contributed by atoms with Crippen LogP contribution in [0, 0.1) is 5.92 Å². The molecule has 2 rings (SSSR count). The number of para-hydroxylation sites is 1. The second kappa shape index (κ2) is 8.63. The monoisotopic (exact) mass is 305 g/mol. The SMILES string of the molecule is COc1ccccc1CN=C(N)NC[C@@H](O)C1CCCCC1. The van der Waals surface area contributed by atoms with Crippen molar-refractivity contribution in [1.29, 1.82) is 0 Å². The molecule has 1 aromatic rings. The predicted molar refractivity (Wildman–Crippen MR) is 88.9 cm³/mol. The minimum absolute atomic E-state index is 0.347. The van der Waals surface area contributed by atoms with Crippen LogP contribution in [0.1, 0.15) is 37.7 Å². The number of aliphatic imine (C=N–C) groups is 1. The molecule has 0 bridgehead atoms. The highest BCUT2D eigenvalue weighted by Crippen LogP contribution is 2.26. The normalized spacial score (nSPS) is 18.0. The summed E-state index contributed by atoms with van der Waals surface area (Å²) in [5.41, 5.74) is 6.87. The summed E-state index contributed by atoms with van der Waals surface area (Å²) in [6.45, 7) is 0.925. The lowest BCUT2D eigenvalue weighted by atomic mass is 9.85. The van der Waals surface area contributed by atoms with Crippen LogP contribution in [0.2, 0.25) is 0 Å². The number of ether oxygens (including phenoxy) is 1. The van der Waals surface area contributed by atoms with Crippen LogP contribution in [0.25, 0.3) is 0 Å². The molecule has 4 N–H and O–H groups in total. The number of nitrogens with zero attached hydrogens (tertiary/aromatic N) is 1. The summed E-state index contributed by atoms with van der Waals surface area (Å²) in [5, 5.41) is 13.2. The Morgan fingerprint density at radius 2 is 2.09 bits per heavy atom. The molecule has 22 heavy (non-hydrogen) atoms. The first-order valence-electron chi connectivity index (χ1n) is 8.04. The molecule has 0 amide bonds. The average molecular weight is 305 g/mol. The van der Waals surface area contributed by atoms with Crippen LogP contribution in [0.4, 0.5) is 0 Å². The van der Waals surface area contributed by atoms with Crippen molar-refractivity contribution in [3.05, 3.63) is 29.8 Å². The number of hydrogen-bond donors (Lipinski definition) is 3. The van der Waals surface area contributed by atoms with Crippen molar-refractivity contribution in [3.63, 3.8) is 0 Å². The first-order chi connectivity index (χ1) is 10.7. The number of rotatable bonds is 6. The Morgan fingerprint density at radius 3 is 2.82 bits per heavy atom. The van der Waals surface area contributed by atoms with Gasteiger partial charge in [0.1, 0.15) is 5.75 Å². The molecule has 0 spiro atoms. The zero-order chi connectivity index (χ0) is 15.8. The number of hydrogen-bond acceptors (Lipinski definition) is 3. The Bertz CT molecular complexity index is 485. The van der Waals surface area contributed by atoms with E-state index in [0.29, 0.717) is 25.0 Å². The van der Waals surface area contributed by atoms with Gasteiger partial charge in [-0.2, -0.15) is 0 Å². The maximum absolute atomic E-state index is 10.2. The summed E-state index contributed by atoms with van der Waals surface area (Å²) >= 11 is 0. The van der Waals surface area contributed by atoms with Gasteiger partial charge in [0.05, 0.1) is 19.8 Å². The number of guanidine groups is 1. The molecule has 1 aliphatic carbocycles. The Morgan fingerprint density at radius 1 is 1.36 bits per heavy atom. The van der Waals surface area contributed by atoms with E-state index in [4.69, 9.17) is 10.5 Å². The van der Waals surface area contributed by atoms with Crippen LogP contribution >= 0.6 is 0 Å². The summed E-state index contributed by atoms with van der Waals surface area (Å²) in [6.07, 6.45) is 5.61. The highest BCUT2D eigenvalue weighted by atomic mass is 16.5. The van der Waals surface area contributed by atoms with E-state index >= 15 is 0 Å². The molecule has 0 aliphatic heterocycles. The minimum atomic E-state index is -0.347. The van der Waals surface area contributed by atoms with Gasteiger partial charge >= 0.3 is 0 Å². The van der Waals surface area contributed by atoms with Crippen LogP contribution in [0.5, 0.6) is 5.75 Å². The summed E-state index contributed by atoms with van der Waals surface area (Å²) in [5.74, 6) is 1.56. The van der Waals surface area contributed by atoms with Crippen LogP contribution < -0.4 is 15.8 Å². The van der Waals surface area contributed by atoms with E-state index in [-0.39, 0.29) is 6.10 Å². The van der Waals surface area contributed by atoms with Gasteiger partial charge in [0.2, 0.25) is 0 Å². The van der Waals surface area contributed by atoms with E-state index in [0.717, 1.165) is 24.2 Å². The van der Waals surface area contributed by atoms with E-state index in [9.17, 15) is 5.11 Å². The van der Waals surface area contributed by atoms with Crippen molar-refractivity contribution in [2.24, 2.45) is 16.6 Å². The van der Waals surface area contributed by atoms with Gasteiger partial charge < -0.3 is 20.9 Å². The number of aliphatic hydroxyl groups excluding tert-OH is 1. The maximum atomic E-state index is 10.2. The topological polar surface area (TPSA) is 79.9 Å². The predicted octanol–water partition coefficient (Wildman–Crippen LogP) is 2.04. The van der Waals surface area contributed by atoms with Crippen molar-refractivity contribution in [2.75, 3.05) is 13.7 Å². The summed E-state index contributed by atoms with van der Waals surface area (Å²) in [7, 11) is 1.64. The molecule has 0 saturated heterocycles. The fourth-order valence-corrected chi connectivity index (χ4v) is 2.95. The number of benzene rings is 1. The van der Waals surface area contributed by atoms with E-state index in [1.807, 2.05) is 24.3 Å². The van der Waals surface area contributed by atoms with Crippen LogP contribution in [-0.4, -0.2) is 30.8 Å². The third-order valence-corrected chi connectivity index (χ3v) is 4.30. The van der Waals surface area contributed by atoms with Crippen molar-refractivity contribution in [3.8, 4) is 5.75 Å². The summed E-state index contributed by atoms with van der Waals surface area (Å²) in [4.78, 5) is 4.31. The summed E-state index contributed by atoms with van der Waals surface area (Å²) in [6, 6.07) is 7.74. The van der Waals surface area contributed by atoms with Crippen LogP contribution in [0.15, 0.2) is 29.3 Å². The Hall–Kier alpha value is -1.75. The van der Waals surface area contributed by atoms with Crippen LogP contribution in [0.3, 0.4) is 0 Å². The highest BCUT2D eigenvalue weighted by Gasteiger charge is 2.21. The molecule has 5 heteroatoms. The largest absolute Gasteiger partial charge is 0.496 e. The Balaban J connectivity index is 1.79. The van der Waals surface area contributed by atoms with Gasteiger partial charge in [0.15, 0.2) is 5.96 Å². The maximum Gasteiger partial charge on any atom is 0.189 e. The molecular weight excluding hydrogens is 278 g/mol. The van der Waals surface area contributed by atoms with Crippen LogP contribution in [-0.2, 0) is 6.54 Å². The average Bonchev–Trinajstić information content (AvgIpc) is 2.58. The van der Waals surface area contributed by atoms with Gasteiger partial charge in [-0.1, -0.05) is 37.5 Å². The van der Waals surface area contributed by atoms with Gasteiger partial charge in [0, 0.05) is 12.1 Å². The molecule has 5 nitrogen and oxygen atoms in total. The summed E-state index contributed by atoms with van der Waals surface area (Å²) < 4.78 is 5.28. The molecule has 1 aliphatic rings. The molecular formula is C17H27N3O2. The molecule has 0 unspecified atom stereocenters. The van der Waals surface area contributed by atoms with Gasteiger partial charge in [-0.15, -0.1) is 0 Å². The molecule has 1 saturated carbocycles. The van der Waals surface area contributed by atoms with E-state index in [1.165, 1.54) is 19.3 Å². The molecule has 0 heterocycles. The number of nitrogens with two attached hydrogens (primary N) is 1. The van der Waals surface area contributed by atoms with Gasteiger partial charge in [-0.25, -0.2) is 4.99 Å². The highest BCUT2D eigenvalue weighted by molar-refractivity contribution is 5.77. The molecule has 1 fully saturated rings. The Kier molecular flexibility index (Phi) is 6.52. The van der Waals surface area contributed by atoms with Gasteiger partial charge in [0.25, 0.3) is 0 Å². The standard InChI is InChI=1S/C17H27N3O2/c1-22-16-10-6-5-9-14(16)11-19-17(18)20-12-15(21)13-7-3-2-4-8-13/h5-6,9-10,13,15,21H,2-4,7-8,11-12H2,1H3,(H3,18,19,20)/t15-/m1/s1. The lowest BCUT2D eigenvalue weighted by Gasteiger charge is -2.26. The minimum Gasteiger partial charge on any atom is -0.496 e. The third kappa shape index (κ3) is 4.91. The van der Waals surface area contributed by atoms with Crippen molar-refractivity contribution in [2.45, 2.75) is 44.8 Å². The molecule has 1 aromatic carbocycles.